The summed E-state index contributed by atoms with van der Waals surface area (Å²) in [5, 5.41) is 4.39. The highest BCUT2D eigenvalue weighted by Gasteiger charge is 2.28. The van der Waals surface area contributed by atoms with Crippen LogP contribution in [0.25, 0.3) is 16.3 Å². The Labute approximate surface area is 176 Å². The largest absolute Gasteiger partial charge is 0.494 e. The fourth-order valence-electron chi connectivity index (χ4n) is 2.90. The minimum atomic E-state index is -0.250. The maximum Gasteiger partial charge on any atom is 0.244 e. The number of ether oxygens (including phenoxy) is 1. The Morgan fingerprint density at radius 3 is 2.79 bits per heavy atom. The van der Waals surface area contributed by atoms with Gasteiger partial charge in [-0.1, -0.05) is 23.9 Å². The number of aromatic nitrogens is 1. The van der Waals surface area contributed by atoms with Gasteiger partial charge in [0.25, 0.3) is 0 Å². The molecule has 0 bridgehead atoms. The van der Waals surface area contributed by atoms with Crippen LogP contribution in [0.15, 0.2) is 53.6 Å². The maximum atomic E-state index is 12.5. The van der Waals surface area contributed by atoms with Crippen molar-refractivity contribution in [2.24, 2.45) is 0 Å². The average molecular weight is 426 g/mol. The number of nitrogens with zero attached hydrogens (tertiary/aromatic N) is 2. The van der Waals surface area contributed by atoms with Crippen LogP contribution >= 0.6 is 23.1 Å². The van der Waals surface area contributed by atoms with Gasteiger partial charge in [-0.05, 0) is 43.3 Å². The summed E-state index contributed by atoms with van der Waals surface area (Å²) in [7, 11) is 0. The molecule has 0 unspecified atom stereocenters. The molecule has 0 aliphatic carbocycles. The molecule has 1 aliphatic rings. The zero-order valence-electron chi connectivity index (χ0n) is 15.8. The van der Waals surface area contributed by atoms with Gasteiger partial charge in [0.15, 0.2) is 0 Å². The van der Waals surface area contributed by atoms with Gasteiger partial charge in [0.05, 0.1) is 27.6 Å². The fraction of sp³-hybridized carbons (Fsp3) is 0.190. The number of thioether (sulfide) groups is 1. The number of amides is 2. The number of benzene rings is 2. The van der Waals surface area contributed by atoms with Crippen LogP contribution in [0.4, 0.5) is 5.69 Å². The molecule has 8 heteroatoms. The lowest BCUT2D eigenvalue weighted by Gasteiger charge is -2.16. The molecule has 4 rings (SSSR count). The van der Waals surface area contributed by atoms with E-state index >= 15 is 0 Å². The average Bonchev–Trinajstić information content (AvgIpc) is 3.27. The minimum Gasteiger partial charge on any atom is -0.494 e. The number of rotatable bonds is 6. The summed E-state index contributed by atoms with van der Waals surface area (Å²) in [6, 6.07) is 15.1. The second-order valence-corrected chi connectivity index (χ2v) is 8.33. The van der Waals surface area contributed by atoms with E-state index in [-0.39, 0.29) is 18.4 Å². The number of thiazole rings is 1. The van der Waals surface area contributed by atoms with E-state index < -0.39 is 0 Å². The van der Waals surface area contributed by atoms with E-state index in [1.54, 1.807) is 35.6 Å². The van der Waals surface area contributed by atoms with Crippen LogP contribution in [0.1, 0.15) is 11.9 Å². The zero-order valence-corrected chi connectivity index (χ0v) is 17.4. The minimum absolute atomic E-state index is 0.0320. The van der Waals surface area contributed by atoms with Gasteiger partial charge >= 0.3 is 0 Å². The van der Waals surface area contributed by atoms with E-state index in [2.05, 4.69) is 10.3 Å². The molecule has 0 atom stereocenters. The molecule has 0 saturated carbocycles. The lowest BCUT2D eigenvalue weighted by Crippen LogP contribution is -2.33. The number of nitrogens with one attached hydrogen (secondary N) is 1. The van der Waals surface area contributed by atoms with Crippen molar-refractivity contribution in [3.8, 4) is 5.75 Å². The van der Waals surface area contributed by atoms with Gasteiger partial charge in [-0.3, -0.25) is 14.5 Å². The fourth-order valence-corrected chi connectivity index (χ4v) is 4.83. The van der Waals surface area contributed by atoms with E-state index in [0.29, 0.717) is 18.0 Å². The summed E-state index contributed by atoms with van der Waals surface area (Å²) in [6.45, 7) is 2.47. The van der Waals surface area contributed by atoms with Crippen molar-refractivity contribution in [2.45, 2.75) is 6.92 Å². The van der Waals surface area contributed by atoms with Crippen molar-refractivity contribution in [3.63, 3.8) is 0 Å². The first-order valence-corrected chi connectivity index (χ1v) is 11.0. The van der Waals surface area contributed by atoms with Crippen molar-refractivity contribution in [1.82, 2.24) is 9.88 Å². The highest BCUT2D eigenvalue weighted by atomic mass is 32.2. The summed E-state index contributed by atoms with van der Waals surface area (Å²) in [5.41, 5.74) is 1.59. The summed E-state index contributed by atoms with van der Waals surface area (Å²) in [4.78, 5) is 30.9. The monoisotopic (exact) mass is 425 g/mol. The molecular weight excluding hydrogens is 406 g/mol. The molecule has 2 heterocycles. The molecule has 6 nitrogen and oxygen atoms in total. The van der Waals surface area contributed by atoms with Crippen molar-refractivity contribution >= 4 is 56.9 Å². The molecule has 1 N–H and O–H groups in total. The molecule has 3 aromatic rings. The standard InChI is InChI=1S/C21H19N3O3S2/c1-2-27-15-9-7-14(8-10-15)22-18(25)12-24-20(26)13-28-21(24)11-19-23-16-5-3-4-6-17(16)29-19/h3-11H,2,12-13H2,1H3,(H,22,25). The van der Waals surface area contributed by atoms with Crippen molar-refractivity contribution in [1.29, 1.82) is 0 Å². The SMILES string of the molecule is CCOc1ccc(NC(=O)CN2C(=O)CSC2=Cc2nc3ccccc3s2)cc1. The van der Waals surface area contributed by atoms with Crippen LogP contribution < -0.4 is 10.1 Å². The lowest BCUT2D eigenvalue weighted by atomic mass is 10.3. The number of hydrogen-bond donors (Lipinski definition) is 1. The topological polar surface area (TPSA) is 71.5 Å². The molecule has 148 valence electrons. The Morgan fingerprint density at radius 1 is 1.24 bits per heavy atom. The molecule has 0 radical (unpaired) electrons. The van der Waals surface area contributed by atoms with Crippen molar-refractivity contribution in [3.05, 3.63) is 58.6 Å². The van der Waals surface area contributed by atoms with Crippen LogP contribution in [0, 0.1) is 0 Å². The molecular formula is C21H19N3O3S2. The van der Waals surface area contributed by atoms with E-state index in [9.17, 15) is 9.59 Å². The van der Waals surface area contributed by atoms with Crippen molar-refractivity contribution < 1.29 is 14.3 Å². The Bertz CT molecular complexity index is 1040. The molecule has 2 amide bonds. The van der Waals surface area contributed by atoms with E-state index in [1.807, 2.05) is 37.3 Å². The Hall–Kier alpha value is -2.84. The van der Waals surface area contributed by atoms with Gasteiger partial charge in [-0.25, -0.2) is 4.98 Å². The first kappa shape index (κ1) is 19.5. The van der Waals surface area contributed by atoms with Crippen LogP contribution in [-0.2, 0) is 9.59 Å². The number of carbonyl (C=O) groups is 2. The van der Waals surface area contributed by atoms with Crippen LogP contribution in [0.3, 0.4) is 0 Å². The summed E-state index contributed by atoms with van der Waals surface area (Å²) >= 11 is 2.99. The predicted molar refractivity (Wildman–Crippen MR) is 118 cm³/mol. The number of hydrogen-bond acceptors (Lipinski definition) is 6. The number of para-hydroxylation sites is 1. The summed E-state index contributed by atoms with van der Waals surface area (Å²) in [5.74, 6) is 0.745. The zero-order chi connectivity index (χ0) is 20.2. The highest BCUT2D eigenvalue weighted by Crippen LogP contribution is 2.32. The molecule has 0 spiro atoms. The van der Waals surface area contributed by atoms with Crippen LogP contribution in [0.2, 0.25) is 0 Å². The Kier molecular flexibility index (Phi) is 5.82. The third-order valence-electron chi connectivity index (χ3n) is 4.22. The first-order chi connectivity index (χ1) is 14.1. The molecule has 1 saturated heterocycles. The van der Waals surface area contributed by atoms with Gasteiger partial charge < -0.3 is 10.1 Å². The van der Waals surface area contributed by atoms with Gasteiger partial charge in [-0.15, -0.1) is 11.3 Å². The predicted octanol–water partition coefficient (Wildman–Crippen LogP) is 4.21. The molecule has 2 aromatic carbocycles. The van der Waals surface area contributed by atoms with E-state index in [0.717, 1.165) is 26.0 Å². The molecule has 29 heavy (non-hydrogen) atoms. The molecule has 1 aliphatic heterocycles. The first-order valence-electron chi connectivity index (χ1n) is 9.15. The second kappa shape index (κ2) is 8.67. The third-order valence-corrected chi connectivity index (χ3v) is 6.23. The van der Waals surface area contributed by atoms with E-state index in [1.165, 1.54) is 16.7 Å². The smallest absolute Gasteiger partial charge is 0.244 e. The number of anilines is 1. The van der Waals surface area contributed by atoms with Crippen LogP contribution in [0.5, 0.6) is 5.75 Å². The summed E-state index contributed by atoms with van der Waals surface area (Å²) in [6.07, 6.45) is 1.88. The Morgan fingerprint density at radius 2 is 2.03 bits per heavy atom. The van der Waals surface area contributed by atoms with E-state index in [4.69, 9.17) is 4.74 Å². The molecule has 1 fully saturated rings. The highest BCUT2D eigenvalue weighted by molar-refractivity contribution is 8.04. The molecule has 1 aromatic heterocycles. The van der Waals surface area contributed by atoms with Gasteiger partial charge in [0.2, 0.25) is 11.8 Å². The van der Waals surface area contributed by atoms with Gasteiger partial charge in [-0.2, -0.15) is 0 Å². The quantitative estimate of drug-likeness (QED) is 0.641. The van der Waals surface area contributed by atoms with Gasteiger partial charge in [0, 0.05) is 11.8 Å². The van der Waals surface area contributed by atoms with Crippen molar-refractivity contribution in [2.75, 3.05) is 24.2 Å². The Balaban J connectivity index is 1.45. The maximum absolute atomic E-state index is 12.5. The lowest BCUT2D eigenvalue weighted by molar-refractivity contribution is -0.129. The normalized spacial score (nSPS) is 15.3. The number of carbonyl (C=O) groups excluding carboxylic acids is 2. The van der Waals surface area contributed by atoms with Crippen LogP contribution in [-0.4, -0.2) is 40.6 Å². The summed E-state index contributed by atoms with van der Waals surface area (Å²) < 4.78 is 6.49. The number of fused-ring (bicyclic) bond motifs is 1. The second-order valence-electron chi connectivity index (χ2n) is 6.28. The third kappa shape index (κ3) is 4.60. The van der Waals surface area contributed by atoms with Gasteiger partial charge in [0.1, 0.15) is 17.3 Å².